The van der Waals surface area contributed by atoms with E-state index in [1.165, 1.54) is 18.4 Å². The summed E-state index contributed by atoms with van der Waals surface area (Å²) in [5.74, 6) is 1.67. The topological polar surface area (TPSA) is 25.2 Å². The van der Waals surface area contributed by atoms with Gasteiger partial charge in [0.2, 0.25) is 0 Å². The fourth-order valence-corrected chi connectivity index (χ4v) is 2.40. The van der Waals surface area contributed by atoms with Gasteiger partial charge in [0.15, 0.2) is 0 Å². The minimum absolute atomic E-state index is 0.149. The highest BCUT2D eigenvalue weighted by Gasteiger charge is 2.16. The van der Waals surface area contributed by atoms with E-state index in [1.807, 2.05) is 18.2 Å². The molecule has 2 nitrogen and oxygen atoms in total. The van der Waals surface area contributed by atoms with Gasteiger partial charge < -0.3 is 9.73 Å². The molecule has 0 radical (unpaired) electrons. The predicted octanol–water partition coefficient (Wildman–Crippen LogP) is 4.39. The van der Waals surface area contributed by atoms with E-state index in [-0.39, 0.29) is 6.04 Å². The van der Waals surface area contributed by atoms with Crippen molar-refractivity contribution in [2.45, 2.75) is 32.7 Å². The maximum atomic E-state index is 5.58. The van der Waals surface area contributed by atoms with E-state index in [0.29, 0.717) is 5.92 Å². The standard InChI is InChI=1S/C17H23NO/c1-3-8-14(2)13-18-17(16-11-7-12-19-16)15-9-5-4-6-10-15/h4-7,9-12,14,17-18H,3,8,13H2,1-2H3. The molecule has 2 atom stereocenters. The van der Waals surface area contributed by atoms with Gasteiger partial charge in [-0.2, -0.15) is 0 Å². The van der Waals surface area contributed by atoms with E-state index in [0.717, 1.165) is 12.3 Å². The first kappa shape index (κ1) is 13.9. The van der Waals surface area contributed by atoms with Crippen LogP contribution in [0.1, 0.15) is 44.1 Å². The smallest absolute Gasteiger partial charge is 0.125 e. The van der Waals surface area contributed by atoms with Crippen LogP contribution in [-0.4, -0.2) is 6.54 Å². The van der Waals surface area contributed by atoms with Crippen molar-refractivity contribution in [1.29, 1.82) is 0 Å². The van der Waals surface area contributed by atoms with Gasteiger partial charge in [-0.25, -0.2) is 0 Å². The van der Waals surface area contributed by atoms with Gasteiger partial charge in [-0.15, -0.1) is 0 Å². The van der Waals surface area contributed by atoms with Crippen molar-refractivity contribution < 1.29 is 4.42 Å². The summed E-state index contributed by atoms with van der Waals surface area (Å²) in [6.45, 7) is 5.53. The fraction of sp³-hybridized carbons (Fsp3) is 0.412. The number of hydrogen-bond donors (Lipinski definition) is 1. The van der Waals surface area contributed by atoms with E-state index in [1.54, 1.807) is 6.26 Å². The van der Waals surface area contributed by atoms with Crippen LogP contribution in [0.2, 0.25) is 0 Å². The van der Waals surface area contributed by atoms with Crippen LogP contribution in [0.3, 0.4) is 0 Å². The second kappa shape index (κ2) is 7.15. The number of furan rings is 1. The monoisotopic (exact) mass is 257 g/mol. The molecule has 0 bridgehead atoms. The molecule has 1 aromatic heterocycles. The van der Waals surface area contributed by atoms with Crippen LogP contribution in [0.5, 0.6) is 0 Å². The highest BCUT2D eigenvalue weighted by atomic mass is 16.3. The summed E-state index contributed by atoms with van der Waals surface area (Å²) < 4.78 is 5.58. The van der Waals surface area contributed by atoms with Gasteiger partial charge in [-0.3, -0.25) is 0 Å². The molecule has 0 aliphatic rings. The Morgan fingerprint density at radius 2 is 1.89 bits per heavy atom. The zero-order valence-corrected chi connectivity index (χ0v) is 11.8. The summed E-state index contributed by atoms with van der Waals surface area (Å²) in [5, 5.41) is 3.63. The van der Waals surface area contributed by atoms with E-state index in [9.17, 15) is 0 Å². The van der Waals surface area contributed by atoms with Crippen molar-refractivity contribution in [3.8, 4) is 0 Å². The van der Waals surface area contributed by atoms with Crippen molar-refractivity contribution >= 4 is 0 Å². The molecule has 0 spiro atoms. The van der Waals surface area contributed by atoms with E-state index < -0.39 is 0 Å². The third kappa shape index (κ3) is 3.97. The highest BCUT2D eigenvalue weighted by molar-refractivity contribution is 5.26. The Kier molecular flexibility index (Phi) is 5.22. The molecule has 102 valence electrons. The lowest BCUT2D eigenvalue weighted by Crippen LogP contribution is -2.27. The zero-order valence-electron chi connectivity index (χ0n) is 11.8. The first-order valence-corrected chi connectivity index (χ1v) is 7.13. The van der Waals surface area contributed by atoms with Gasteiger partial charge >= 0.3 is 0 Å². The molecule has 1 N–H and O–H groups in total. The third-order valence-corrected chi connectivity index (χ3v) is 3.41. The summed E-state index contributed by atoms with van der Waals surface area (Å²) in [6, 6.07) is 14.6. The second-order valence-corrected chi connectivity index (χ2v) is 5.16. The molecule has 2 aromatic rings. The Morgan fingerprint density at radius 1 is 1.11 bits per heavy atom. The first-order valence-electron chi connectivity index (χ1n) is 7.13. The Bertz CT molecular complexity index is 449. The van der Waals surface area contributed by atoms with Gasteiger partial charge in [-0.1, -0.05) is 50.6 Å². The van der Waals surface area contributed by atoms with Crippen LogP contribution in [0.25, 0.3) is 0 Å². The van der Waals surface area contributed by atoms with Crippen molar-refractivity contribution in [1.82, 2.24) is 5.32 Å². The van der Waals surface area contributed by atoms with E-state index in [4.69, 9.17) is 4.42 Å². The normalized spacial score (nSPS) is 14.2. The molecule has 2 heteroatoms. The molecule has 0 amide bonds. The first-order chi connectivity index (χ1) is 9.31. The summed E-state index contributed by atoms with van der Waals surface area (Å²) in [6.07, 6.45) is 4.23. The molecule has 1 heterocycles. The van der Waals surface area contributed by atoms with Crippen molar-refractivity contribution in [3.05, 3.63) is 60.1 Å². The Morgan fingerprint density at radius 3 is 2.53 bits per heavy atom. The van der Waals surface area contributed by atoms with Crippen LogP contribution >= 0.6 is 0 Å². The van der Waals surface area contributed by atoms with Gasteiger partial charge in [0.1, 0.15) is 5.76 Å². The lowest BCUT2D eigenvalue weighted by Gasteiger charge is -2.20. The average molecular weight is 257 g/mol. The van der Waals surface area contributed by atoms with Crippen LogP contribution < -0.4 is 5.32 Å². The zero-order chi connectivity index (χ0) is 13.5. The molecule has 0 saturated carbocycles. The van der Waals surface area contributed by atoms with Crippen LogP contribution in [0, 0.1) is 5.92 Å². The van der Waals surface area contributed by atoms with Crippen LogP contribution in [-0.2, 0) is 0 Å². The van der Waals surface area contributed by atoms with E-state index >= 15 is 0 Å². The number of benzene rings is 1. The minimum atomic E-state index is 0.149. The minimum Gasteiger partial charge on any atom is -0.467 e. The molecule has 2 unspecified atom stereocenters. The molecule has 0 aliphatic carbocycles. The number of hydrogen-bond acceptors (Lipinski definition) is 2. The lowest BCUT2D eigenvalue weighted by atomic mass is 10.0. The maximum Gasteiger partial charge on any atom is 0.125 e. The predicted molar refractivity (Wildman–Crippen MR) is 79.1 cm³/mol. The Labute approximate surface area is 115 Å². The van der Waals surface area contributed by atoms with Crippen molar-refractivity contribution in [3.63, 3.8) is 0 Å². The Hall–Kier alpha value is -1.54. The molecule has 2 rings (SSSR count). The van der Waals surface area contributed by atoms with Gasteiger partial charge in [0.25, 0.3) is 0 Å². The molecule has 19 heavy (non-hydrogen) atoms. The van der Waals surface area contributed by atoms with Gasteiger partial charge in [0.05, 0.1) is 12.3 Å². The quantitative estimate of drug-likeness (QED) is 0.795. The number of rotatable bonds is 7. The average Bonchev–Trinajstić information content (AvgIpc) is 2.94. The Balaban J connectivity index is 2.08. The van der Waals surface area contributed by atoms with Crippen LogP contribution in [0.4, 0.5) is 0 Å². The lowest BCUT2D eigenvalue weighted by molar-refractivity contribution is 0.406. The van der Waals surface area contributed by atoms with Gasteiger partial charge in [-0.05, 0) is 36.6 Å². The highest BCUT2D eigenvalue weighted by Crippen LogP contribution is 2.22. The largest absolute Gasteiger partial charge is 0.467 e. The summed E-state index contributed by atoms with van der Waals surface area (Å²) in [4.78, 5) is 0. The fourth-order valence-electron chi connectivity index (χ4n) is 2.40. The van der Waals surface area contributed by atoms with Crippen LogP contribution in [0.15, 0.2) is 53.1 Å². The molecule has 0 aliphatic heterocycles. The van der Waals surface area contributed by atoms with Crippen molar-refractivity contribution in [2.24, 2.45) is 5.92 Å². The third-order valence-electron chi connectivity index (χ3n) is 3.41. The SMILES string of the molecule is CCCC(C)CNC(c1ccccc1)c1ccco1. The summed E-state index contributed by atoms with van der Waals surface area (Å²) >= 11 is 0. The molecular weight excluding hydrogens is 234 g/mol. The van der Waals surface area contributed by atoms with Gasteiger partial charge in [0, 0.05) is 0 Å². The number of nitrogens with one attached hydrogen (secondary N) is 1. The summed E-state index contributed by atoms with van der Waals surface area (Å²) in [7, 11) is 0. The summed E-state index contributed by atoms with van der Waals surface area (Å²) in [5.41, 5.74) is 1.25. The second-order valence-electron chi connectivity index (χ2n) is 5.16. The molecule has 1 aromatic carbocycles. The maximum absolute atomic E-state index is 5.58. The molecule has 0 fully saturated rings. The molecule has 0 saturated heterocycles. The van der Waals surface area contributed by atoms with E-state index in [2.05, 4.69) is 43.4 Å². The van der Waals surface area contributed by atoms with Crippen molar-refractivity contribution in [2.75, 3.05) is 6.54 Å². The molecular formula is C17H23NO.